The van der Waals surface area contributed by atoms with Gasteiger partial charge in [0.15, 0.2) is 0 Å². The molecule has 12 heteroatoms. The standard InChI is InChI=1S/C21H14Cl2N4O6/c22-17-4-3-14(7-18(17)23)25-9-11-1-2-13(5-12(11)10-25)24-20-16(21(28)29)6-15(26(30)31)8-19(20)27(32)33/h1-8,24H,9-10H2,(H,28,29). The van der Waals surface area contributed by atoms with E-state index < -0.39 is 32.8 Å². The minimum absolute atomic E-state index is 0.336. The van der Waals surface area contributed by atoms with Gasteiger partial charge in [-0.25, -0.2) is 4.79 Å². The summed E-state index contributed by atoms with van der Waals surface area (Å²) in [5.74, 6) is -1.53. The summed E-state index contributed by atoms with van der Waals surface area (Å²) >= 11 is 12.1. The van der Waals surface area contributed by atoms with Gasteiger partial charge in [0.05, 0.1) is 31.5 Å². The van der Waals surface area contributed by atoms with Gasteiger partial charge in [0, 0.05) is 30.5 Å². The molecule has 0 bridgehead atoms. The van der Waals surface area contributed by atoms with Gasteiger partial charge < -0.3 is 15.3 Å². The number of aromatic carboxylic acids is 1. The fourth-order valence-corrected chi connectivity index (χ4v) is 3.93. The third-order valence-corrected chi connectivity index (χ3v) is 5.95. The Kier molecular flexibility index (Phi) is 5.79. The Labute approximate surface area is 196 Å². The number of fused-ring (bicyclic) bond motifs is 1. The molecular formula is C21H14Cl2N4O6. The second kappa shape index (κ2) is 8.57. The van der Waals surface area contributed by atoms with Crippen LogP contribution in [0.25, 0.3) is 0 Å². The summed E-state index contributed by atoms with van der Waals surface area (Å²) in [5.41, 5.74) is 0.913. The van der Waals surface area contributed by atoms with E-state index in [0.29, 0.717) is 28.8 Å². The number of rotatable bonds is 6. The van der Waals surface area contributed by atoms with Gasteiger partial charge in [-0.15, -0.1) is 0 Å². The van der Waals surface area contributed by atoms with Gasteiger partial charge in [-0.1, -0.05) is 29.3 Å². The van der Waals surface area contributed by atoms with E-state index in [9.17, 15) is 30.1 Å². The molecule has 3 aromatic rings. The molecule has 10 nitrogen and oxygen atoms in total. The van der Waals surface area contributed by atoms with Crippen LogP contribution >= 0.6 is 23.2 Å². The molecule has 0 aromatic heterocycles. The SMILES string of the molecule is O=C(O)c1cc([N+](=O)[O-])cc([N+](=O)[O-])c1Nc1ccc2c(c1)CN(c1ccc(Cl)c(Cl)c1)C2. The predicted octanol–water partition coefficient (Wildman–Crippen LogP) is 5.77. The molecule has 0 spiro atoms. The Bertz CT molecular complexity index is 1300. The second-order valence-corrected chi connectivity index (χ2v) is 8.08. The second-order valence-electron chi connectivity index (χ2n) is 7.27. The number of hydrogen-bond donors (Lipinski definition) is 2. The van der Waals surface area contributed by atoms with Crippen LogP contribution in [-0.2, 0) is 13.1 Å². The van der Waals surface area contributed by atoms with Gasteiger partial charge in [-0.3, -0.25) is 20.2 Å². The van der Waals surface area contributed by atoms with Crippen molar-refractivity contribution >= 4 is 57.6 Å². The van der Waals surface area contributed by atoms with Crippen LogP contribution in [0.3, 0.4) is 0 Å². The molecule has 33 heavy (non-hydrogen) atoms. The molecule has 0 fully saturated rings. The fourth-order valence-electron chi connectivity index (χ4n) is 3.64. The van der Waals surface area contributed by atoms with Gasteiger partial charge >= 0.3 is 5.97 Å². The van der Waals surface area contributed by atoms with Crippen LogP contribution in [0.2, 0.25) is 10.0 Å². The Balaban J connectivity index is 1.67. The Morgan fingerprint density at radius 3 is 2.30 bits per heavy atom. The molecule has 0 saturated carbocycles. The van der Waals surface area contributed by atoms with E-state index in [2.05, 4.69) is 10.2 Å². The molecule has 1 aliphatic heterocycles. The van der Waals surface area contributed by atoms with Crippen LogP contribution in [0.15, 0.2) is 48.5 Å². The van der Waals surface area contributed by atoms with E-state index in [-0.39, 0.29) is 5.69 Å². The number of nitrogens with zero attached hydrogens (tertiary/aromatic N) is 3. The lowest BCUT2D eigenvalue weighted by Gasteiger charge is -2.18. The maximum absolute atomic E-state index is 11.7. The molecule has 0 radical (unpaired) electrons. The summed E-state index contributed by atoms with van der Waals surface area (Å²) in [6.45, 7) is 1.13. The highest BCUT2D eigenvalue weighted by Gasteiger charge is 2.28. The van der Waals surface area contributed by atoms with E-state index in [1.54, 1.807) is 24.3 Å². The zero-order chi connectivity index (χ0) is 23.9. The number of nitro benzene ring substituents is 2. The van der Waals surface area contributed by atoms with Crippen molar-refractivity contribution in [2.75, 3.05) is 10.2 Å². The molecule has 2 N–H and O–H groups in total. The average Bonchev–Trinajstić information content (AvgIpc) is 3.18. The van der Waals surface area contributed by atoms with Crippen molar-refractivity contribution in [2.45, 2.75) is 13.1 Å². The molecule has 0 unspecified atom stereocenters. The number of carboxylic acids is 1. The van der Waals surface area contributed by atoms with Crippen LogP contribution in [0.1, 0.15) is 21.5 Å². The lowest BCUT2D eigenvalue weighted by molar-refractivity contribution is -0.393. The Morgan fingerprint density at radius 2 is 1.67 bits per heavy atom. The van der Waals surface area contributed by atoms with E-state index in [1.165, 1.54) is 0 Å². The lowest BCUT2D eigenvalue weighted by Crippen LogP contribution is -2.14. The first-order valence-corrected chi connectivity index (χ1v) is 10.2. The van der Waals surface area contributed by atoms with Gasteiger partial charge in [-0.2, -0.15) is 0 Å². The third kappa shape index (κ3) is 4.38. The van der Waals surface area contributed by atoms with E-state index >= 15 is 0 Å². The number of nitro groups is 2. The first kappa shape index (κ1) is 22.3. The molecular weight excluding hydrogens is 475 g/mol. The van der Waals surface area contributed by atoms with Crippen LogP contribution in [-0.4, -0.2) is 20.9 Å². The molecule has 3 aromatic carbocycles. The molecule has 1 aliphatic rings. The summed E-state index contributed by atoms with van der Waals surface area (Å²) in [6.07, 6.45) is 0. The molecule has 0 aliphatic carbocycles. The first-order valence-electron chi connectivity index (χ1n) is 9.43. The fraction of sp³-hybridized carbons (Fsp3) is 0.0952. The van der Waals surface area contributed by atoms with Gasteiger partial charge in [-0.05, 0) is 41.5 Å². The Morgan fingerprint density at radius 1 is 0.939 bits per heavy atom. The van der Waals surface area contributed by atoms with Crippen molar-refractivity contribution in [3.63, 3.8) is 0 Å². The van der Waals surface area contributed by atoms with Gasteiger partial charge in [0.25, 0.3) is 11.4 Å². The largest absolute Gasteiger partial charge is 0.478 e. The van der Waals surface area contributed by atoms with Crippen molar-refractivity contribution < 1.29 is 19.7 Å². The van der Waals surface area contributed by atoms with E-state index in [0.717, 1.165) is 28.9 Å². The molecule has 168 valence electrons. The monoisotopic (exact) mass is 488 g/mol. The smallest absolute Gasteiger partial charge is 0.338 e. The number of anilines is 3. The number of carboxylic acid groups (broad SMARTS) is 1. The van der Waals surface area contributed by atoms with E-state index in [4.69, 9.17) is 23.2 Å². The van der Waals surface area contributed by atoms with Crippen molar-refractivity contribution in [2.24, 2.45) is 0 Å². The van der Waals surface area contributed by atoms with Crippen molar-refractivity contribution in [1.82, 2.24) is 0 Å². The molecule has 1 heterocycles. The zero-order valence-electron chi connectivity index (χ0n) is 16.6. The number of nitrogens with one attached hydrogen (secondary N) is 1. The molecule has 0 amide bonds. The predicted molar refractivity (Wildman–Crippen MR) is 123 cm³/mol. The van der Waals surface area contributed by atoms with Crippen LogP contribution < -0.4 is 10.2 Å². The van der Waals surface area contributed by atoms with Crippen molar-refractivity contribution in [3.05, 3.63) is 95.5 Å². The van der Waals surface area contributed by atoms with Crippen molar-refractivity contribution in [1.29, 1.82) is 0 Å². The number of carbonyl (C=O) groups is 1. The molecule has 0 atom stereocenters. The summed E-state index contributed by atoms with van der Waals surface area (Å²) in [7, 11) is 0. The van der Waals surface area contributed by atoms with Crippen LogP contribution in [0.4, 0.5) is 28.4 Å². The number of benzene rings is 3. The summed E-state index contributed by atoms with van der Waals surface area (Å²) in [5, 5.41) is 35.8. The average molecular weight is 489 g/mol. The highest BCUT2D eigenvalue weighted by Crippen LogP contribution is 2.38. The highest BCUT2D eigenvalue weighted by atomic mass is 35.5. The number of hydrogen-bond acceptors (Lipinski definition) is 7. The molecule has 0 saturated heterocycles. The summed E-state index contributed by atoms with van der Waals surface area (Å²) < 4.78 is 0. The van der Waals surface area contributed by atoms with E-state index in [1.807, 2.05) is 12.1 Å². The highest BCUT2D eigenvalue weighted by molar-refractivity contribution is 6.42. The number of halogens is 2. The van der Waals surface area contributed by atoms with Crippen LogP contribution in [0, 0.1) is 20.2 Å². The minimum atomic E-state index is -1.53. The Hall–Kier alpha value is -3.89. The first-order chi connectivity index (χ1) is 15.6. The summed E-state index contributed by atoms with van der Waals surface area (Å²) in [6, 6.07) is 12.1. The maximum atomic E-state index is 11.7. The third-order valence-electron chi connectivity index (χ3n) is 5.21. The van der Waals surface area contributed by atoms with Crippen molar-refractivity contribution in [3.8, 4) is 0 Å². The zero-order valence-corrected chi connectivity index (χ0v) is 18.1. The topological polar surface area (TPSA) is 139 Å². The van der Waals surface area contributed by atoms with Crippen LogP contribution in [0.5, 0.6) is 0 Å². The summed E-state index contributed by atoms with van der Waals surface area (Å²) in [4.78, 5) is 34.6. The lowest BCUT2D eigenvalue weighted by atomic mass is 10.1. The maximum Gasteiger partial charge on any atom is 0.338 e. The quantitative estimate of drug-likeness (QED) is 0.329. The van der Waals surface area contributed by atoms with Gasteiger partial charge in [0.2, 0.25) is 0 Å². The normalized spacial score (nSPS) is 12.4. The molecule has 4 rings (SSSR count). The minimum Gasteiger partial charge on any atom is -0.478 e. The number of non-ortho nitro benzene ring substituents is 1. The van der Waals surface area contributed by atoms with Gasteiger partial charge in [0.1, 0.15) is 5.69 Å².